The molecule has 2 unspecified atom stereocenters. The molecule has 1 aliphatic heterocycles. The second-order valence-corrected chi connectivity index (χ2v) is 6.54. The predicted molar refractivity (Wildman–Crippen MR) is 72.4 cm³/mol. The third kappa shape index (κ3) is 5.64. The number of nitrogens with one attached hydrogen (secondary N) is 2. The summed E-state index contributed by atoms with van der Waals surface area (Å²) in [5, 5.41) is 15.0. The van der Waals surface area contributed by atoms with E-state index in [1.54, 1.807) is 0 Å². The van der Waals surface area contributed by atoms with Crippen LogP contribution in [0.5, 0.6) is 0 Å². The van der Waals surface area contributed by atoms with Crippen LogP contribution < -0.4 is 10.6 Å². The van der Waals surface area contributed by atoms with Gasteiger partial charge in [-0.15, -0.1) is 0 Å². The Morgan fingerprint density at radius 2 is 2.29 bits per heavy atom. The SMILES string of the molecule is CCC(O)CCNC(=O)NCC1(C)CCCS1. The number of aliphatic hydroxyl groups excluding tert-OH is 1. The maximum Gasteiger partial charge on any atom is 0.314 e. The average Bonchev–Trinajstić information content (AvgIpc) is 2.74. The van der Waals surface area contributed by atoms with E-state index in [4.69, 9.17) is 0 Å². The third-order valence-electron chi connectivity index (χ3n) is 3.16. The third-order valence-corrected chi connectivity index (χ3v) is 4.70. The van der Waals surface area contributed by atoms with Crippen LogP contribution in [0, 0.1) is 0 Å². The molecular weight excluding hydrogens is 236 g/mol. The highest BCUT2D eigenvalue weighted by Gasteiger charge is 2.29. The van der Waals surface area contributed by atoms with E-state index in [0.717, 1.165) is 13.0 Å². The van der Waals surface area contributed by atoms with Crippen LogP contribution in [0.3, 0.4) is 0 Å². The molecule has 0 aromatic heterocycles. The van der Waals surface area contributed by atoms with Gasteiger partial charge in [0.1, 0.15) is 0 Å². The standard InChI is InChI=1S/C12H24N2O2S/c1-3-10(15)5-7-13-11(16)14-9-12(2)6-4-8-17-12/h10,15H,3-9H2,1-2H3,(H2,13,14,16). The van der Waals surface area contributed by atoms with Crippen molar-refractivity contribution in [3.63, 3.8) is 0 Å². The van der Waals surface area contributed by atoms with Gasteiger partial charge in [0.2, 0.25) is 0 Å². The number of thioether (sulfide) groups is 1. The summed E-state index contributed by atoms with van der Waals surface area (Å²) in [5.41, 5.74) is 0. The first-order valence-electron chi connectivity index (χ1n) is 6.39. The van der Waals surface area contributed by atoms with Gasteiger partial charge in [0.25, 0.3) is 0 Å². The molecule has 0 aliphatic carbocycles. The van der Waals surface area contributed by atoms with Crippen molar-refractivity contribution in [1.82, 2.24) is 10.6 Å². The Hall–Kier alpha value is -0.420. The monoisotopic (exact) mass is 260 g/mol. The first-order chi connectivity index (χ1) is 8.06. The Morgan fingerprint density at radius 3 is 2.88 bits per heavy atom. The van der Waals surface area contributed by atoms with Crippen LogP contribution in [0.15, 0.2) is 0 Å². The minimum absolute atomic E-state index is 0.123. The summed E-state index contributed by atoms with van der Waals surface area (Å²) in [4.78, 5) is 11.5. The molecule has 1 saturated heterocycles. The van der Waals surface area contributed by atoms with Crippen LogP contribution in [0.2, 0.25) is 0 Å². The van der Waals surface area contributed by atoms with E-state index in [2.05, 4.69) is 17.6 Å². The second-order valence-electron chi connectivity index (χ2n) is 4.86. The van der Waals surface area contributed by atoms with Crippen LogP contribution >= 0.6 is 11.8 Å². The Bertz CT molecular complexity index is 243. The Balaban J connectivity index is 2.08. The van der Waals surface area contributed by atoms with Crippen molar-refractivity contribution in [2.75, 3.05) is 18.8 Å². The molecule has 5 heteroatoms. The number of aliphatic hydroxyl groups is 1. The first-order valence-corrected chi connectivity index (χ1v) is 7.38. The highest BCUT2D eigenvalue weighted by Crippen LogP contribution is 2.36. The molecule has 1 fully saturated rings. The van der Waals surface area contributed by atoms with Crippen LogP contribution in [-0.4, -0.2) is 40.8 Å². The number of hydrogen-bond donors (Lipinski definition) is 3. The van der Waals surface area contributed by atoms with Crippen LogP contribution in [0.4, 0.5) is 4.79 Å². The largest absolute Gasteiger partial charge is 0.393 e. The smallest absolute Gasteiger partial charge is 0.314 e. The number of hydrogen-bond acceptors (Lipinski definition) is 3. The summed E-state index contributed by atoms with van der Waals surface area (Å²) in [6, 6.07) is -0.123. The molecule has 0 spiro atoms. The normalized spacial score (nSPS) is 25.6. The quantitative estimate of drug-likeness (QED) is 0.681. The van der Waals surface area contributed by atoms with E-state index in [0.29, 0.717) is 13.0 Å². The van der Waals surface area contributed by atoms with Crippen LogP contribution in [0.25, 0.3) is 0 Å². The van der Waals surface area contributed by atoms with Gasteiger partial charge in [-0.05, 0) is 38.4 Å². The zero-order valence-electron chi connectivity index (χ0n) is 10.8. The number of rotatable bonds is 6. The summed E-state index contributed by atoms with van der Waals surface area (Å²) in [7, 11) is 0. The van der Waals surface area contributed by atoms with Gasteiger partial charge in [-0.1, -0.05) is 6.92 Å². The summed E-state index contributed by atoms with van der Waals surface area (Å²) >= 11 is 1.94. The molecule has 1 rings (SSSR count). The summed E-state index contributed by atoms with van der Waals surface area (Å²) < 4.78 is 0.209. The van der Waals surface area contributed by atoms with Crippen LogP contribution in [0.1, 0.15) is 39.5 Å². The first kappa shape index (κ1) is 14.6. The van der Waals surface area contributed by atoms with Gasteiger partial charge >= 0.3 is 6.03 Å². The fourth-order valence-electron chi connectivity index (χ4n) is 1.86. The zero-order valence-corrected chi connectivity index (χ0v) is 11.6. The number of carbonyl (C=O) groups is 1. The van der Waals surface area contributed by atoms with Gasteiger partial charge in [0.15, 0.2) is 0 Å². The van der Waals surface area contributed by atoms with E-state index in [1.165, 1.54) is 18.6 Å². The van der Waals surface area contributed by atoms with Gasteiger partial charge in [0, 0.05) is 17.8 Å². The summed E-state index contributed by atoms with van der Waals surface area (Å²) in [6.07, 6.45) is 3.46. The van der Waals surface area contributed by atoms with Crippen molar-refractivity contribution in [3.8, 4) is 0 Å². The van der Waals surface area contributed by atoms with Crippen LogP contribution in [-0.2, 0) is 0 Å². The maximum atomic E-state index is 11.5. The topological polar surface area (TPSA) is 61.4 Å². The molecule has 2 amide bonds. The summed E-state index contributed by atoms with van der Waals surface area (Å²) in [5.74, 6) is 1.20. The van der Waals surface area contributed by atoms with Gasteiger partial charge in [-0.2, -0.15) is 11.8 Å². The van der Waals surface area contributed by atoms with Crippen molar-refractivity contribution in [1.29, 1.82) is 0 Å². The fraction of sp³-hybridized carbons (Fsp3) is 0.917. The van der Waals surface area contributed by atoms with E-state index in [-0.39, 0.29) is 16.9 Å². The summed E-state index contributed by atoms with van der Waals surface area (Å²) in [6.45, 7) is 5.39. The molecule has 0 saturated carbocycles. The molecular formula is C12H24N2O2S. The van der Waals surface area contributed by atoms with Gasteiger partial charge in [0.05, 0.1) is 6.10 Å². The number of amides is 2. The second kappa shape index (κ2) is 7.11. The Labute approximate surface area is 108 Å². The maximum absolute atomic E-state index is 11.5. The predicted octanol–water partition coefficient (Wildman–Crippen LogP) is 1.73. The lowest BCUT2D eigenvalue weighted by atomic mass is 10.1. The molecule has 0 bridgehead atoms. The molecule has 3 N–H and O–H groups in total. The molecule has 0 aromatic rings. The lowest BCUT2D eigenvalue weighted by molar-refractivity contribution is 0.160. The minimum Gasteiger partial charge on any atom is -0.393 e. The molecule has 1 aliphatic rings. The number of carbonyl (C=O) groups excluding carboxylic acids is 1. The molecule has 100 valence electrons. The van der Waals surface area contributed by atoms with E-state index < -0.39 is 0 Å². The molecule has 2 atom stereocenters. The zero-order chi connectivity index (χ0) is 12.7. The highest BCUT2D eigenvalue weighted by atomic mass is 32.2. The van der Waals surface area contributed by atoms with Gasteiger partial charge < -0.3 is 15.7 Å². The van der Waals surface area contributed by atoms with Crippen molar-refractivity contribution in [2.24, 2.45) is 0 Å². The van der Waals surface area contributed by atoms with Crippen molar-refractivity contribution in [2.45, 2.75) is 50.4 Å². The fourth-order valence-corrected chi connectivity index (χ4v) is 3.11. The highest BCUT2D eigenvalue weighted by molar-refractivity contribution is 8.00. The van der Waals surface area contributed by atoms with Gasteiger partial charge in [-0.3, -0.25) is 0 Å². The number of urea groups is 1. The lowest BCUT2D eigenvalue weighted by Gasteiger charge is -2.23. The minimum atomic E-state index is -0.307. The van der Waals surface area contributed by atoms with E-state index >= 15 is 0 Å². The molecule has 17 heavy (non-hydrogen) atoms. The van der Waals surface area contributed by atoms with Crippen molar-refractivity contribution in [3.05, 3.63) is 0 Å². The van der Waals surface area contributed by atoms with Crippen molar-refractivity contribution < 1.29 is 9.90 Å². The molecule has 0 aromatic carbocycles. The van der Waals surface area contributed by atoms with E-state index in [9.17, 15) is 9.90 Å². The van der Waals surface area contributed by atoms with Crippen molar-refractivity contribution >= 4 is 17.8 Å². The van der Waals surface area contributed by atoms with E-state index in [1.807, 2.05) is 18.7 Å². The lowest BCUT2D eigenvalue weighted by Crippen LogP contribution is -2.43. The average molecular weight is 260 g/mol. The Morgan fingerprint density at radius 1 is 1.53 bits per heavy atom. The van der Waals surface area contributed by atoms with Gasteiger partial charge in [-0.25, -0.2) is 4.79 Å². The Kier molecular flexibility index (Phi) is 6.12. The molecule has 1 heterocycles. The molecule has 4 nitrogen and oxygen atoms in total. The molecule has 0 radical (unpaired) electrons.